The first kappa shape index (κ1) is 17.2. The number of carboxylic acids is 1. The average Bonchev–Trinajstić information content (AvgIpc) is 2.53. The number of hydrogen-bond donors (Lipinski definition) is 1. The molecule has 0 fully saturated rings. The lowest BCUT2D eigenvalue weighted by Gasteiger charge is -2.17. The van der Waals surface area contributed by atoms with E-state index in [2.05, 4.69) is 36.4 Å². The minimum absolute atomic E-state index is 0.105. The van der Waals surface area contributed by atoms with Gasteiger partial charge in [-0.1, -0.05) is 31.5 Å². The molecule has 0 aliphatic carbocycles. The molecular weight excluding hydrogens is 441 g/mol. The topological polar surface area (TPSA) is 59.3 Å². The van der Waals surface area contributed by atoms with Crippen molar-refractivity contribution in [3.63, 3.8) is 0 Å². The van der Waals surface area contributed by atoms with Gasteiger partial charge in [-0.25, -0.2) is 0 Å². The van der Waals surface area contributed by atoms with Crippen molar-refractivity contribution in [1.29, 1.82) is 0 Å². The van der Waals surface area contributed by atoms with Crippen LogP contribution in [0.4, 0.5) is 0 Å². The molecule has 3 rings (SSSR count). The first-order valence-electron chi connectivity index (χ1n) is 7.47. The highest BCUT2D eigenvalue weighted by Gasteiger charge is 2.17. The Labute approximate surface area is 157 Å². The largest absolute Gasteiger partial charge is 0.480 e. The number of aromatic nitrogens is 1. The Morgan fingerprint density at radius 1 is 1.25 bits per heavy atom. The van der Waals surface area contributed by atoms with E-state index in [0.29, 0.717) is 30.4 Å². The third-order valence-corrected chi connectivity index (χ3v) is 5.83. The van der Waals surface area contributed by atoms with E-state index in [4.69, 9.17) is 11.6 Å². The van der Waals surface area contributed by atoms with Crippen LogP contribution < -0.4 is 5.43 Å². The van der Waals surface area contributed by atoms with Gasteiger partial charge < -0.3 is 9.67 Å². The Bertz CT molecular complexity index is 1040. The molecule has 0 aliphatic rings. The molecule has 0 saturated heterocycles. The van der Waals surface area contributed by atoms with Crippen LogP contribution >= 0.6 is 34.2 Å². The second kappa shape index (κ2) is 6.37. The van der Waals surface area contributed by atoms with E-state index in [1.54, 1.807) is 22.8 Å². The molecule has 1 N–H and O–H groups in total. The van der Waals surface area contributed by atoms with Gasteiger partial charge in [0.15, 0.2) is 5.43 Å². The maximum Gasteiger partial charge on any atom is 0.323 e. The Balaban J connectivity index is 2.58. The van der Waals surface area contributed by atoms with Crippen LogP contribution in [0.5, 0.6) is 0 Å². The second-order valence-electron chi connectivity index (χ2n) is 6.00. The summed E-state index contributed by atoms with van der Waals surface area (Å²) in [6, 6.07) is 8.95. The van der Waals surface area contributed by atoms with Gasteiger partial charge in [-0.05, 0) is 58.3 Å². The van der Waals surface area contributed by atoms with Gasteiger partial charge in [-0.3, -0.25) is 9.59 Å². The fraction of sp³-hybridized carbons (Fsp3) is 0.222. The van der Waals surface area contributed by atoms with Crippen molar-refractivity contribution in [2.24, 2.45) is 0 Å². The minimum atomic E-state index is -0.966. The molecule has 0 unspecified atom stereocenters. The van der Waals surface area contributed by atoms with Gasteiger partial charge in [0.1, 0.15) is 6.54 Å². The van der Waals surface area contributed by atoms with Crippen LogP contribution in [-0.2, 0) is 11.3 Å². The highest BCUT2D eigenvalue weighted by atomic mass is 127. The molecule has 3 aromatic rings. The first-order chi connectivity index (χ1) is 11.3. The molecular formula is C18H15ClINO3. The fourth-order valence-corrected chi connectivity index (χ4v) is 3.79. The standard InChI is InChI=1S/C18H15ClINO3/c1-9(2)10-3-4-11-14(7-10)21(8-15(22)23)17-12(18(11)24)5-6-13(19)16(17)20/h3-7,9H,8H2,1-2H3,(H,22,23). The van der Waals surface area contributed by atoms with Crippen LogP contribution in [0, 0.1) is 3.57 Å². The molecule has 4 nitrogen and oxygen atoms in total. The SMILES string of the molecule is CC(C)c1ccc2c(=O)c3ccc(Cl)c(I)c3n(CC(=O)O)c2c1. The van der Waals surface area contributed by atoms with Crippen molar-refractivity contribution in [2.45, 2.75) is 26.3 Å². The molecule has 0 amide bonds. The van der Waals surface area contributed by atoms with Gasteiger partial charge in [-0.2, -0.15) is 0 Å². The zero-order valence-corrected chi connectivity index (χ0v) is 16.1. The average molecular weight is 456 g/mol. The summed E-state index contributed by atoms with van der Waals surface area (Å²) in [6.45, 7) is 3.89. The second-order valence-corrected chi connectivity index (χ2v) is 7.48. The number of rotatable bonds is 3. The molecule has 24 heavy (non-hydrogen) atoms. The first-order valence-corrected chi connectivity index (χ1v) is 8.93. The lowest BCUT2D eigenvalue weighted by Crippen LogP contribution is -2.17. The molecule has 0 saturated carbocycles. The number of hydrogen-bond acceptors (Lipinski definition) is 2. The molecule has 0 aliphatic heterocycles. The maximum atomic E-state index is 12.9. The number of aliphatic carboxylic acids is 1. The van der Waals surface area contributed by atoms with E-state index < -0.39 is 5.97 Å². The van der Waals surface area contributed by atoms with Crippen molar-refractivity contribution in [1.82, 2.24) is 4.57 Å². The predicted octanol–water partition coefficient (Wildman–Crippen LogP) is 4.62. The lowest BCUT2D eigenvalue weighted by atomic mass is 10.00. The number of nitrogens with zero attached hydrogens (tertiary/aromatic N) is 1. The van der Waals surface area contributed by atoms with E-state index >= 15 is 0 Å². The van der Waals surface area contributed by atoms with E-state index in [-0.39, 0.29) is 17.9 Å². The number of carbonyl (C=O) groups is 1. The summed E-state index contributed by atoms with van der Waals surface area (Å²) >= 11 is 8.27. The third-order valence-electron chi connectivity index (χ3n) is 4.10. The molecule has 6 heteroatoms. The number of pyridine rings is 1. The minimum Gasteiger partial charge on any atom is -0.480 e. The highest BCUT2D eigenvalue weighted by molar-refractivity contribution is 14.1. The predicted molar refractivity (Wildman–Crippen MR) is 105 cm³/mol. The maximum absolute atomic E-state index is 12.9. The zero-order valence-electron chi connectivity index (χ0n) is 13.1. The van der Waals surface area contributed by atoms with E-state index in [1.165, 1.54) is 0 Å². The van der Waals surface area contributed by atoms with E-state index in [9.17, 15) is 14.7 Å². The summed E-state index contributed by atoms with van der Waals surface area (Å²) in [4.78, 5) is 24.3. The van der Waals surface area contributed by atoms with Crippen molar-refractivity contribution >= 4 is 62.0 Å². The van der Waals surface area contributed by atoms with Crippen molar-refractivity contribution in [3.8, 4) is 0 Å². The van der Waals surface area contributed by atoms with Gasteiger partial charge >= 0.3 is 5.97 Å². The summed E-state index contributed by atoms with van der Waals surface area (Å²) in [6.07, 6.45) is 0. The van der Waals surface area contributed by atoms with Crippen LogP contribution in [0.3, 0.4) is 0 Å². The monoisotopic (exact) mass is 455 g/mol. The third kappa shape index (κ3) is 2.80. The van der Waals surface area contributed by atoms with Gasteiger partial charge in [0.25, 0.3) is 0 Å². The van der Waals surface area contributed by atoms with Crippen LogP contribution in [-0.4, -0.2) is 15.6 Å². The smallest absolute Gasteiger partial charge is 0.323 e. The molecule has 0 radical (unpaired) electrons. The summed E-state index contributed by atoms with van der Waals surface area (Å²) < 4.78 is 2.36. The van der Waals surface area contributed by atoms with Gasteiger partial charge in [0, 0.05) is 10.8 Å². The number of fused-ring (bicyclic) bond motifs is 2. The van der Waals surface area contributed by atoms with Gasteiger partial charge in [0.05, 0.1) is 19.6 Å². The Kier molecular flexibility index (Phi) is 4.57. The van der Waals surface area contributed by atoms with E-state index in [1.807, 2.05) is 12.1 Å². The molecule has 1 heterocycles. The van der Waals surface area contributed by atoms with Crippen LogP contribution in [0.25, 0.3) is 21.8 Å². The van der Waals surface area contributed by atoms with Crippen LogP contribution in [0.2, 0.25) is 5.02 Å². The zero-order chi connectivity index (χ0) is 17.6. The van der Waals surface area contributed by atoms with Crippen molar-refractivity contribution < 1.29 is 9.90 Å². The Morgan fingerprint density at radius 2 is 1.92 bits per heavy atom. The quantitative estimate of drug-likeness (QED) is 0.463. The number of benzene rings is 2. The Hall–Kier alpha value is -1.60. The van der Waals surface area contributed by atoms with Gasteiger partial charge in [0.2, 0.25) is 0 Å². The van der Waals surface area contributed by atoms with Crippen molar-refractivity contribution in [2.75, 3.05) is 0 Å². The summed E-state index contributed by atoms with van der Waals surface area (Å²) in [5, 5.41) is 10.9. The summed E-state index contributed by atoms with van der Waals surface area (Å²) in [5.74, 6) is -0.691. The summed E-state index contributed by atoms with van der Waals surface area (Å²) in [7, 11) is 0. The number of halogens is 2. The Morgan fingerprint density at radius 3 is 2.54 bits per heavy atom. The molecule has 1 aromatic heterocycles. The normalized spacial score (nSPS) is 11.5. The summed E-state index contributed by atoms with van der Waals surface area (Å²) in [5.41, 5.74) is 2.15. The fourth-order valence-electron chi connectivity index (χ4n) is 2.88. The van der Waals surface area contributed by atoms with Gasteiger partial charge in [-0.15, -0.1) is 0 Å². The molecule has 0 atom stereocenters. The highest BCUT2D eigenvalue weighted by Crippen LogP contribution is 2.30. The lowest BCUT2D eigenvalue weighted by molar-refractivity contribution is -0.137. The van der Waals surface area contributed by atoms with E-state index in [0.717, 1.165) is 5.56 Å². The number of carboxylic acid groups (broad SMARTS) is 1. The van der Waals surface area contributed by atoms with Crippen LogP contribution in [0.15, 0.2) is 35.1 Å². The molecule has 124 valence electrons. The molecule has 2 aromatic carbocycles. The molecule has 0 spiro atoms. The van der Waals surface area contributed by atoms with Crippen LogP contribution in [0.1, 0.15) is 25.3 Å². The molecule has 0 bridgehead atoms. The van der Waals surface area contributed by atoms with Crippen molar-refractivity contribution in [3.05, 3.63) is 54.7 Å².